The van der Waals surface area contributed by atoms with Gasteiger partial charge in [0, 0.05) is 17.1 Å². The molecule has 2 bridgehead atoms. The summed E-state index contributed by atoms with van der Waals surface area (Å²) in [5, 5.41) is 12.3. The van der Waals surface area contributed by atoms with Crippen molar-refractivity contribution >= 4 is 5.71 Å². The number of methoxy groups -OCH3 is 1. The normalized spacial score (nSPS) is 25.1. The third kappa shape index (κ3) is 4.81. The molecule has 2 aliphatic carbocycles. The van der Waals surface area contributed by atoms with Crippen LogP contribution in [0.15, 0.2) is 88.2 Å². The summed E-state index contributed by atoms with van der Waals surface area (Å²) < 4.78 is 5.41. The predicted octanol–water partition coefficient (Wildman–Crippen LogP) is 6.42. The van der Waals surface area contributed by atoms with E-state index in [0.717, 1.165) is 60.4 Å². The molecule has 0 aromatic heterocycles. The van der Waals surface area contributed by atoms with Crippen LogP contribution in [-0.2, 0) is 4.74 Å². The van der Waals surface area contributed by atoms with Gasteiger partial charge in [-0.05, 0) is 56.4 Å². The lowest BCUT2D eigenvalue weighted by Crippen LogP contribution is -2.23. The van der Waals surface area contributed by atoms with E-state index in [0.29, 0.717) is 5.71 Å². The molecule has 0 fully saturated rings. The molecule has 29 heavy (non-hydrogen) atoms. The Kier molecular flexibility index (Phi) is 6.61. The first-order valence-electron chi connectivity index (χ1n) is 10.5. The zero-order valence-electron chi connectivity index (χ0n) is 18.1. The van der Waals surface area contributed by atoms with Crippen molar-refractivity contribution in [2.75, 3.05) is 7.11 Å². The molecule has 3 rings (SSSR count). The highest BCUT2D eigenvalue weighted by Crippen LogP contribution is 2.36. The number of ether oxygens (including phenoxy) is 1. The van der Waals surface area contributed by atoms with Gasteiger partial charge >= 0.3 is 0 Å². The first-order chi connectivity index (χ1) is 14.0. The van der Waals surface area contributed by atoms with Crippen LogP contribution in [0.4, 0.5) is 0 Å². The highest BCUT2D eigenvalue weighted by atomic mass is 16.5. The van der Waals surface area contributed by atoms with Crippen LogP contribution in [0.5, 0.6) is 0 Å². The smallest absolute Gasteiger partial charge is 0.121 e. The molecule has 3 aliphatic rings. The van der Waals surface area contributed by atoms with Gasteiger partial charge in [0.05, 0.1) is 24.2 Å². The summed E-state index contributed by atoms with van der Waals surface area (Å²) in [4.78, 5) is 0. The van der Waals surface area contributed by atoms with Crippen molar-refractivity contribution in [1.82, 2.24) is 5.32 Å². The first-order valence-corrected chi connectivity index (χ1v) is 10.5. The molecule has 1 aliphatic heterocycles. The molecule has 3 nitrogen and oxygen atoms in total. The standard InChI is InChI=1S/C26H32N2O/c1-5-10-23-20-12-13-22(29-4)18-21(17-20)28-25(23)24(27)14-16-26(3)15-9-7-6-8-11-19(26)2/h6-7,11-14,16,18,27-28H,5,8-10,15H2,1-4H3/b7-6-,16-14+,19-11?,27-24?. The van der Waals surface area contributed by atoms with E-state index in [1.54, 1.807) is 7.11 Å². The Morgan fingerprint density at radius 1 is 1.34 bits per heavy atom. The molecule has 0 radical (unpaired) electrons. The predicted molar refractivity (Wildman–Crippen MR) is 122 cm³/mol. The van der Waals surface area contributed by atoms with Crippen LogP contribution in [0.3, 0.4) is 0 Å². The third-order valence-corrected chi connectivity index (χ3v) is 5.94. The minimum absolute atomic E-state index is 0.0223. The fourth-order valence-corrected chi connectivity index (χ4v) is 3.87. The van der Waals surface area contributed by atoms with Crippen molar-refractivity contribution in [3.63, 3.8) is 0 Å². The summed E-state index contributed by atoms with van der Waals surface area (Å²) in [5.74, 6) is 0.782. The maximum atomic E-state index is 8.84. The second-order valence-electron chi connectivity index (χ2n) is 8.06. The summed E-state index contributed by atoms with van der Waals surface area (Å²) in [5.41, 5.74) is 9.18. The Hall–Kier alpha value is -2.77. The van der Waals surface area contributed by atoms with Crippen molar-refractivity contribution in [3.8, 4) is 0 Å². The minimum atomic E-state index is -0.0223. The van der Waals surface area contributed by atoms with Crippen LogP contribution in [0.1, 0.15) is 52.9 Å². The quantitative estimate of drug-likeness (QED) is 0.313. The van der Waals surface area contributed by atoms with Gasteiger partial charge in [-0.15, -0.1) is 0 Å². The molecule has 0 spiro atoms. The van der Waals surface area contributed by atoms with Crippen molar-refractivity contribution in [2.45, 2.75) is 52.9 Å². The van der Waals surface area contributed by atoms with E-state index < -0.39 is 0 Å². The molecule has 0 aromatic rings. The highest BCUT2D eigenvalue weighted by molar-refractivity contribution is 6.07. The van der Waals surface area contributed by atoms with Gasteiger partial charge < -0.3 is 10.1 Å². The zero-order valence-corrected chi connectivity index (χ0v) is 18.1. The van der Waals surface area contributed by atoms with Gasteiger partial charge in [-0.1, -0.05) is 55.9 Å². The van der Waals surface area contributed by atoms with Crippen LogP contribution in [0, 0.1) is 10.8 Å². The lowest BCUT2D eigenvalue weighted by molar-refractivity contribution is 0.306. The van der Waals surface area contributed by atoms with E-state index in [2.05, 4.69) is 56.1 Å². The number of hydrogen-bond acceptors (Lipinski definition) is 3. The third-order valence-electron chi connectivity index (χ3n) is 5.94. The average Bonchev–Trinajstić information content (AvgIpc) is 2.88. The highest BCUT2D eigenvalue weighted by Gasteiger charge is 2.24. The average molecular weight is 389 g/mol. The van der Waals surface area contributed by atoms with Crippen LogP contribution in [0.2, 0.25) is 0 Å². The molecule has 2 N–H and O–H groups in total. The van der Waals surface area contributed by atoms with Crippen molar-refractivity contribution in [2.24, 2.45) is 5.41 Å². The van der Waals surface area contributed by atoms with Gasteiger partial charge in [0.1, 0.15) is 5.76 Å². The number of hydrogen-bond donors (Lipinski definition) is 2. The second kappa shape index (κ2) is 9.15. The molecule has 3 heteroatoms. The van der Waals surface area contributed by atoms with Gasteiger partial charge in [0.25, 0.3) is 0 Å². The van der Waals surface area contributed by atoms with Crippen molar-refractivity contribution in [3.05, 3.63) is 88.2 Å². The van der Waals surface area contributed by atoms with E-state index in [4.69, 9.17) is 10.1 Å². The maximum absolute atomic E-state index is 8.84. The van der Waals surface area contributed by atoms with Gasteiger partial charge in [0.15, 0.2) is 0 Å². The number of allylic oxidation sites excluding steroid dienone is 10. The van der Waals surface area contributed by atoms with Crippen LogP contribution < -0.4 is 5.32 Å². The molecular weight excluding hydrogens is 356 g/mol. The summed E-state index contributed by atoms with van der Waals surface area (Å²) >= 11 is 0. The minimum Gasteiger partial charge on any atom is -0.497 e. The largest absolute Gasteiger partial charge is 0.497 e. The number of rotatable bonds is 6. The van der Waals surface area contributed by atoms with Crippen LogP contribution in [-0.4, -0.2) is 12.8 Å². The van der Waals surface area contributed by atoms with Gasteiger partial charge in [-0.2, -0.15) is 0 Å². The Morgan fingerprint density at radius 2 is 2.17 bits per heavy atom. The maximum Gasteiger partial charge on any atom is 0.121 e. The van der Waals surface area contributed by atoms with Gasteiger partial charge in [-0.3, -0.25) is 5.41 Å². The Balaban J connectivity index is 1.90. The summed E-state index contributed by atoms with van der Waals surface area (Å²) in [6, 6.07) is 0. The van der Waals surface area contributed by atoms with Crippen molar-refractivity contribution in [1.29, 1.82) is 5.41 Å². The molecular formula is C26H32N2O. The molecule has 0 saturated heterocycles. The van der Waals surface area contributed by atoms with E-state index in [9.17, 15) is 0 Å². The van der Waals surface area contributed by atoms with Crippen molar-refractivity contribution < 1.29 is 4.74 Å². The first kappa shape index (κ1) is 21.0. The lowest BCUT2D eigenvalue weighted by atomic mass is 9.77. The monoisotopic (exact) mass is 388 g/mol. The van der Waals surface area contributed by atoms with E-state index in [1.807, 2.05) is 24.3 Å². The lowest BCUT2D eigenvalue weighted by Gasteiger charge is -2.28. The number of nitrogens with one attached hydrogen (secondary N) is 2. The zero-order chi connectivity index (χ0) is 20.9. The molecule has 1 heterocycles. The van der Waals surface area contributed by atoms with Gasteiger partial charge in [0.2, 0.25) is 0 Å². The van der Waals surface area contributed by atoms with E-state index in [-0.39, 0.29) is 5.41 Å². The summed E-state index contributed by atoms with van der Waals surface area (Å²) in [6.45, 7) is 6.65. The fourth-order valence-electron chi connectivity index (χ4n) is 3.87. The molecule has 0 saturated carbocycles. The molecule has 152 valence electrons. The Bertz CT molecular complexity index is 930. The SMILES string of the molecule is CCCC1=C(C(=N)/C=C/C2(C)CC/C=C\CC=C2C)NC2=C=C1C=CC(OC)=C2. The summed E-state index contributed by atoms with van der Waals surface area (Å²) in [7, 11) is 1.67. The Labute approximate surface area is 175 Å². The molecule has 1 unspecified atom stereocenters. The molecule has 1 atom stereocenters. The van der Waals surface area contributed by atoms with Gasteiger partial charge in [-0.25, -0.2) is 0 Å². The van der Waals surface area contributed by atoms with Crippen LogP contribution in [0.25, 0.3) is 0 Å². The van der Waals surface area contributed by atoms with Crippen LogP contribution >= 0.6 is 0 Å². The summed E-state index contributed by atoms with van der Waals surface area (Å²) in [6.07, 6.45) is 22.0. The topological polar surface area (TPSA) is 45.1 Å². The molecule has 0 amide bonds. The Morgan fingerprint density at radius 3 is 2.93 bits per heavy atom. The van der Waals surface area contributed by atoms with E-state index >= 15 is 0 Å². The fraction of sp³-hybridized carbons (Fsp3) is 0.385. The second-order valence-corrected chi connectivity index (χ2v) is 8.06. The molecule has 0 aromatic carbocycles. The van der Waals surface area contributed by atoms with E-state index in [1.165, 1.54) is 5.57 Å².